The van der Waals surface area contributed by atoms with Gasteiger partial charge in [-0.15, -0.1) is 0 Å². The van der Waals surface area contributed by atoms with E-state index < -0.39 is 0 Å². The highest BCUT2D eigenvalue weighted by Gasteiger charge is 2.28. The van der Waals surface area contributed by atoms with Gasteiger partial charge in [0.1, 0.15) is 5.75 Å². The van der Waals surface area contributed by atoms with Crippen LogP contribution in [0.5, 0.6) is 5.75 Å². The largest absolute Gasteiger partial charge is 0.496 e. The van der Waals surface area contributed by atoms with E-state index in [-0.39, 0.29) is 11.9 Å². The van der Waals surface area contributed by atoms with Crippen LogP contribution in [0.4, 0.5) is 0 Å². The van der Waals surface area contributed by atoms with Crippen LogP contribution in [-0.2, 0) is 0 Å². The van der Waals surface area contributed by atoms with E-state index in [0.717, 1.165) is 36.2 Å². The summed E-state index contributed by atoms with van der Waals surface area (Å²) in [5.41, 5.74) is 6.77. The number of ether oxygens (including phenoxy) is 1. The topological polar surface area (TPSA) is 55.6 Å². The first-order valence-electron chi connectivity index (χ1n) is 6.95. The van der Waals surface area contributed by atoms with E-state index in [2.05, 4.69) is 22.9 Å². The monoisotopic (exact) mass is 340 g/mol. The SMILES string of the molecule is CCC1CN(C(=O)c2ccc(OC)c(Br)c2)CCC1N. The quantitative estimate of drug-likeness (QED) is 0.920. The van der Waals surface area contributed by atoms with Crippen LogP contribution in [0.25, 0.3) is 0 Å². The summed E-state index contributed by atoms with van der Waals surface area (Å²) in [5, 5.41) is 0. The Morgan fingerprint density at radius 2 is 2.30 bits per heavy atom. The lowest BCUT2D eigenvalue weighted by molar-refractivity contribution is 0.0649. The number of benzene rings is 1. The maximum atomic E-state index is 12.5. The number of carbonyl (C=O) groups excluding carboxylic acids is 1. The molecule has 5 heteroatoms. The van der Waals surface area contributed by atoms with Crippen molar-refractivity contribution in [2.45, 2.75) is 25.8 Å². The summed E-state index contributed by atoms with van der Waals surface area (Å²) in [4.78, 5) is 14.5. The molecule has 4 nitrogen and oxygen atoms in total. The maximum absolute atomic E-state index is 12.5. The Hall–Kier alpha value is -1.07. The van der Waals surface area contributed by atoms with Crippen molar-refractivity contribution in [2.75, 3.05) is 20.2 Å². The van der Waals surface area contributed by atoms with E-state index in [1.54, 1.807) is 13.2 Å². The van der Waals surface area contributed by atoms with Gasteiger partial charge in [-0.2, -0.15) is 0 Å². The van der Waals surface area contributed by atoms with Crippen LogP contribution in [0.2, 0.25) is 0 Å². The normalized spacial score (nSPS) is 22.7. The van der Waals surface area contributed by atoms with E-state index in [0.29, 0.717) is 11.5 Å². The van der Waals surface area contributed by atoms with Crippen molar-refractivity contribution < 1.29 is 9.53 Å². The summed E-state index contributed by atoms with van der Waals surface area (Å²) in [6.07, 6.45) is 1.89. The number of methoxy groups -OCH3 is 1. The second kappa shape index (κ2) is 6.59. The first kappa shape index (κ1) is 15.3. The van der Waals surface area contributed by atoms with Crippen LogP contribution in [0.3, 0.4) is 0 Å². The summed E-state index contributed by atoms with van der Waals surface area (Å²) in [6, 6.07) is 5.65. The van der Waals surface area contributed by atoms with E-state index >= 15 is 0 Å². The summed E-state index contributed by atoms with van der Waals surface area (Å²) in [5.74, 6) is 1.20. The molecule has 0 bridgehead atoms. The van der Waals surface area contributed by atoms with E-state index in [4.69, 9.17) is 10.5 Å². The second-order valence-electron chi connectivity index (χ2n) is 5.22. The van der Waals surface area contributed by atoms with Gasteiger partial charge in [0, 0.05) is 24.7 Å². The molecule has 110 valence electrons. The molecular weight excluding hydrogens is 320 g/mol. The molecule has 0 aliphatic carbocycles. The zero-order valence-corrected chi connectivity index (χ0v) is 13.5. The lowest BCUT2D eigenvalue weighted by Crippen LogP contribution is -2.49. The van der Waals surface area contributed by atoms with Crippen molar-refractivity contribution >= 4 is 21.8 Å². The van der Waals surface area contributed by atoms with Gasteiger partial charge in [0.2, 0.25) is 0 Å². The van der Waals surface area contributed by atoms with Crippen molar-refractivity contribution in [2.24, 2.45) is 11.7 Å². The summed E-state index contributed by atoms with van der Waals surface area (Å²) >= 11 is 3.42. The lowest BCUT2D eigenvalue weighted by atomic mass is 9.90. The van der Waals surface area contributed by atoms with Crippen LogP contribution < -0.4 is 10.5 Å². The molecule has 1 amide bonds. The third kappa shape index (κ3) is 3.15. The lowest BCUT2D eigenvalue weighted by Gasteiger charge is -2.36. The van der Waals surface area contributed by atoms with E-state index in [1.807, 2.05) is 17.0 Å². The predicted octanol–water partition coefficient (Wildman–Crippen LogP) is 2.66. The molecule has 0 saturated carbocycles. The molecule has 1 saturated heterocycles. The van der Waals surface area contributed by atoms with Crippen molar-refractivity contribution in [3.05, 3.63) is 28.2 Å². The predicted molar refractivity (Wildman–Crippen MR) is 83.0 cm³/mol. The number of rotatable bonds is 3. The molecule has 1 aromatic carbocycles. The number of likely N-dealkylation sites (tertiary alicyclic amines) is 1. The van der Waals surface area contributed by atoms with Crippen LogP contribution in [0, 0.1) is 5.92 Å². The van der Waals surface area contributed by atoms with Crippen LogP contribution >= 0.6 is 15.9 Å². The minimum Gasteiger partial charge on any atom is -0.496 e. The molecule has 0 radical (unpaired) electrons. The number of amides is 1. The molecule has 2 atom stereocenters. The fraction of sp³-hybridized carbons (Fsp3) is 0.533. The number of carbonyl (C=O) groups is 1. The average Bonchev–Trinajstić information content (AvgIpc) is 2.47. The minimum atomic E-state index is 0.0682. The van der Waals surface area contributed by atoms with Gasteiger partial charge in [-0.1, -0.05) is 13.3 Å². The first-order chi connectivity index (χ1) is 9.56. The zero-order valence-electron chi connectivity index (χ0n) is 11.9. The Labute approximate surface area is 128 Å². The molecule has 2 N–H and O–H groups in total. The molecule has 0 aromatic heterocycles. The fourth-order valence-corrected chi connectivity index (χ4v) is 3.19. The Bertz CT molecular complexity index is 493. The van der Waals surface area contributed by atoms with Crippen molar-refractivity contribution in [1.82, 2.24) is 4.90 Å². The zero-order chi connectivity index (χ0) is 14.7. The maximum Gasteiger partial charge on any atom is 0.253 e. The smallest absolute Gasteiger partial charge is 0.253 e. The van der Waals surface area contributed by atoms with Crippen molar-refractivity contribution in [1.29, 1.82) is 0 Å². The number of nitrogens with two attached hydrogens (primary N) is 1. The number of hydrogen-bond donors (Lipinski definition) is 1. The van der Waals surface area contributed by atoms with E-state index in [1.165, 1.54) is 0 Å². The van der Waals surface area contributed by atoms with Gasteiger partial charge >= 0.3 is 0 Å². The number of piperidine rings is 1. The second-order valence-corrected chi connectivity index (χ2v) is 6.08. The molecule has 1 aliphatic heterocycles. The van der Waals surface area contributed by atoms with Gasteiger partial charge in [-0.25, -0.2) is 0 Å². The van der Waals surface area contributed by atoms with Crippen LogP contribution in [0.15, 0.2) is 22.7 Å². The molecule has 1 heterocycles. The highest BCUT2D eigenvalue weighted by molar-refractivity contribution is 9.10. The fourth-order valence-electron chi connectivity index (χ4n) is 2.65. The Balaban J connectivity index is 2.13. The highest BCUT2D eigenvalue weighted by atomic mass is 79.9. The summed E-state index contributed by atoms with van der Waals surface area (Å²) in [7, 11) is 1.61. The Morgan fingerprint density at radius 3 is 2.90 bits per heavy atom. The van der Waals surface area contributed by atoms with Gasteiger partial charge in [0.25, 0.3) is 5.91 Å². The summed E-state index contributed by atoms with van der Waals surface area (Å²) in [6.45, 7) is 3.61. The van der Waals surface area contributed by atoms with Crippen LogP contribution in [-0.4, -0.2) is 37.0 Å². The van der Waals surface area contributed by atoms with E-state index in [9.17, 15) is 4.79 Å². The van der Waals surface area contributed by atoms with Gasteiger partial charge in [0.15, 0.2) is 0 Å². The third-order valence-electron chi connectivity index (χ3n) is 4.00. The van der Waals surface area contributed by atoms with Gasteiger partial charge in [-0.05, 0) is 46.5 Å². The molecule has 2 rings (SSSR count). The summed E-state index contributed by atoms with van der Waals surface area (Å²) < 4.78 is 5.98. The number of halogens is 1. The number of nitrogens with zero attached hydrogens (tertiary/aromatic N) is 1. The molecule has 1 aromatic rings. The minimum absolute atomic E-state index is 0.0682. The van der Waals surface area contributed by atoms with Crippen LogP contribution in [0.1, 0.15) is 30.1 Å². The number of hydrogen-bond acceptors (Lipinski definition) is 3. The highest BCUT2D eigenvalue weighted by Crippen LogP contribution is 2.27. The molecule has 0 spiro atoms. The molecule has 1 fully saturated rings. The first-order valence-corrected chi connectivity index (χ1v) is 7.74. The Morgan fingerprint density at radius 1 is 1.55 bits per heavy atom. The molecular formula is C15H21BrN2O2. The molecule has 2 unspecified atom stereocenters. The molecule has 1 aliphatic rings. The standard InChI is InChI=1S/C15H21BrN2O2/c1-3-10-9-18(7-6-13(10)17)15(19)11-4-5-14(20-2)12(16)8-11/h4-5,8,10,13H,3,6-7,9,17H2,1-2H3. The Kier molecular flexibility index (Phi) is 5.05. The third-order valence-corrected chi connectivity index (χ3v) is 4.62. The van der Waals surface area contributed by atoms with Gasteiger partial charge in [0.05, 0.1) is 11.6 Å². The molecule has 20 heavy (non-hydrogen) atoms. The average molecular weight is 341 g/mol. The van der Waals surface area contributed by atoms with Crippen molar-refractivity contribution in [3.8, 4) is 5.75 Å². The van der Waals surface area contributed by atoms with Crippen molar-refractivity contribution in [3.63, 3.8) is 0 Å². The van der Waals surface area contributed by atoms with Gasteiger partial charge in [-0.3, -0.25) is 4.79 Å². The van der Waals surface area contributed by atoms with Gasteiger partial charge < -0.3 is 15.4 Å².